The van der Waals surface area contributed by atoms with Gasteiger partial charge in [-0.05, 0) is 30.5 Å². The number of benzene rings is 1. The van der Waals surface area contributed by atoms with Crippen LogP contribution in [0.2, 0.25) is 0 Å². The third-order valence-electron chi connectivity index (χ3n) is 4.10. The molecule has 0 aromatic heterocycles. The minimum Gasteiger partial charge on any atom is -0.497 e. The van der Waals surface area contributed by atoms with Crippen molar-refractivity contribution in [2.75, 3.05) is 33.8 Å². The summed E-state index contributed by atoms with van der Waals surface area (Å²) in [5.41, 5.74) is 1.39. The van der Waals surface area contributed by atoms with Gasteiger partial charge in [-0.2, -0.15) is 0 Å². The van der Waals surface area contributed by atoms with Gasteiger partial charge in [-0.25, -0.2) is 0 Å². The van der Waals surface area contributed by atoms with Gasteiger partial charge in [-0.1, -0.05) is 25.5 Å². The highest BCUT2D eigenvalue weighted by Crippen LogP contribution is 2.28. The van der Waals surface area contributed by atoms with Crippen LogP contribution in [0.3, 0.4) is 0 Å². The number of halogens is 1. The first-order valence-corrected chi connectivity index (χ1v) is 7.88. The Labute approximate surface area is 151 Å². The summed E-state index contributed by atoms with van der Waals surface area (Å²) in [7, 11) is 3.58. The molecule has 4 nitrogen and oxygen atoms in total. The summed E-state index contributed by atoms with van der Waals surface area (Å²) in [6, 6.07) is 8.46. The van der Waals surface area contributed by atoms with E-state index in [1.807, 2.05) is 19.2 Å². The lowest BCUT2D eigenvalue weighted by Crippen LogP contribution is -2.40. The maximum Gasteiger partial charge on any atom is 0.193 e. The van der Waals surface area contributed by atoms with Crippen LogP contribution in [0.1, 0.15) is 37.7 Å². The zero-order valence-electron chi connectivity index (χ0n) is 13.8. The van der Waals surface area contributed by atoms with Crippen LogP contribution >= 0.6 is 24.0 Å². The van der Waals surface area contributed by atoms with Crippen molar-refractivity contribution in [1.82, 2.24) is 10.2 Å². The molecular formula is C17H28IN3O. The molecular weight excluding hydrogens is 389 g/mol. The molecule has 1 aliphatic rings. The smallest absolute Gasteiger partial charge is 0.193 e. The van der Waals surface area contributed by atoms with Gasteiger partial charge >= 0.3 is 0 Å². The lowest BCUT2D eigenvalue weighted by molar-refractivity contribution is 0.414. The van der Waals surface area contributed by atoms with Gasteiger partial charge in [-0.15, -0.1) is 24.0 Å². The van der Waals surface area contributed by atoms with Crippen molar-refractivity contribution >= 4 is 29.9 Å². The number of rotatable bonds is 5. The fourth-order valence-corrected chi connectivity index (χ4v) is 2.81. The van der Waals surface area contributed by atoms with Crippen LogP contribution in [0.15, 0.2) is 29.3 Å². The lowest BCUT2D eigenvalue weighted by Gasteiger charge is -2.21. The predicted molar refractivity (Wildman–Crippen MR) is 104 cm³/mol. The summed E-state index contributed by atoms with van der Waals surface area (Å²) in [6.45, 7) is 5.33. The van der Waals surface area contributed by atoms with E-state index in [9.17, 15) is 0 Å². The second-order valence-corrected chi connectivity index (χ2v) is 5.53. The van der Waals surface area contributed by atoms with E-state index in [1.165, 1.54) is 24.8 Å². The maximum absolute atomic E-state index is 5.22. The molecule has 0 saturated carbocycles. The van der Waals surface area contributed by atoms with Crippen LogP contribution in [0, 0.1) is 0 Å². The highest BCUT2D eigenvalue weighted by Gasteiger charge is 2.25. The molecule has 2 rings (SSSR count). The van der Waals surface area contributed by atoms with Crippen LogP contribution in [0.25, 0.3) is 0 Å². The molecule has 0 amide bonds. The van der Waals surface area contributed by atoms with Crippen LogP contribution in [-0.4, -0.2) is 44.7 Å². The molecule has 124 valence electrons. The van der Waals surface area contributed by atoms with Gasteiger partial charge in [0.1, 0.15) is 5.75 Å². The molecule has 22 heavy (non-hydrogen) atoms. The highest BCUT2D eigenvalue weighted by molar-refractivity contribution is 14.0. The predicted octanol–water partition coefficient (Wildman–Crippen LogP) is 3.48. The Morgan fingerprint density at radius 3 is 2.68 bits per heavy atom. The summed E-state index contributed by atoms with van der Waals surface area (Å²) < 4.78 is 5.22. The summed E-state index contributed by atoms with van der Waals surface area (Å²) in [5.74, 6) is 2.55. The van der Waals surface area contributed by atoms with Crippen molar-refractivity contribution in [1.29, 1.82) is 0 Å². The van der Waals surface area contributed by atoms with Crippen LogP contribution in [0.5, 0.6) is 5.75 Å². The second-order valence-electron chi connectivity index (χ2n) is 5.53. The molecule has 0 aliphatic carbocycles. The van der Waals surface area contributed by atoms with E-state index in [0.29, 0.717) is 5.92 Å². The Bertz CT molecular complexity index is 461. The molecule has 1 aromatic rings. The number of hydrogen-bond donors (Lipinski definition) is 1. The lowest BCUT2D eigenvalue weighted by atomic mass is 9.98. The Kier molecular flexibility index (Phi) is 8.60. The first-order valence-electron chi connectivity index (χ1n) is 7.88. The molecule has 1 heterocycles. The third kappa shape index (κ3) is 5.04. The Morgan fingerprint density at radius 1 is 1.36 bits per heavy atom. The van der Waals surface area contributed by atoms with E-state index in [4.69, 9.17) is 4.74 Å². The molecule has 1 saturated heterocycles. The number of guanidine groups is 1. The average molecular weight is 417 g/mol. The van der Waals surface area contributed by atoms with Crippen molar-refractivity contribution in [3.63, 3.8) is 0 Å². The summed E-state index contributed by atoms with van der Waals surface area (Å²) in [5, 5.41) is 3.46. The van der Waals surface area contributed by atoms with Gasteiger partial charge in [0, 0.05) is 32.6 Å². The number of nitrogens with one attached hydrogen (secondary N) is 1. The largest absolute Gasteiger partial charge is 0.497 e. The van der Waals surface area contributed by atoms with Crippen LogP contribution in [0.4, 0.5) is 0 Å². The topological polar surface area (TPSA) is 36.9 Å². The molecule has 1 aromatic carbocycles. The molecule has 0 bridgehead atoms. The Balaban J connectivity index is 0.00000242. The van der Waals surface area contributed by atoms with E-state index in [2.05, 4.69) is 34.3 Å². The fourth-order valence-electron chi connectivity index (χ4n) is 2.81. The second kappa shape index (κ2) is 9.92. The first kappa shape index (κ1) is 19.1. The molecule has 1 N–H and O–H groups in total. The summed E-state index contributed by atoms with van der Waals surface area (Å²) >= 11 is 0. The standard InChI is InChI=1S/C17H27N3O.HI/c1-4-5-11-19-17(18-2)20-12-10-15(13-20)14-6-8-16(21-3)9-7-14;/h6-9,15H,4-5,10-13H2,1-3H3,(H,18,19);1H. The number of methoxy groups -OCH3 is 1. The minimum absolute atomic E-state index is 0. The van der Waals surface area contributed by atoms with Crippen LogP contribution in [-0.2, 0) is 0 Å². The van der Waals surface area contributed by atoms with Gasteiger partial charge in [0.2, 0.25) is 0 Å². The third-order valence-corrected chi connectivity index (χ3v) is 4.10. The van der Waals surface area contributed by atoms with E-state index >= 15 is 0 Å². The van der Waals surface area contributed by atoms with E-state index < -0.39 is 0 Å². The van der Waals surface area contributed by atoms with E-state index in [0.717, 1.165) is 31.3 Å². The Hall–Kier alpha value is -0.980. The van der Waals surface area contributed by atoms with Gasteiger partial charge in [0.05, 0.1) is 7.11 Å². The zero-order valence-corrected chi connectivity index (χ0v) is 16.2. The summed E-state index contributed by atoms with van der Waals surface area (Å²) in [4.78, 5) is 6.77. The minimum atomic E-state index is 0. The zero-order chi connectivity index (χ0) is 15.1. The number of ether oxygens (including phenoxy) is 1. The van der Waals surface area contributed by atoms with Crippen molar-refractivity contribution in [2.24, 2.45) is 4.99 Å². The number of nitrogens with zero attached hydrogens (tertiary/aromatic N) is 2. The van der Waals surface area contributed by atoms with Crippen molar-refractivity contribution in [3.8, 4) is 5.75 Å². The molecule has 1 unspecified atom stereocenters. The van der Waals surface area contributed by atoms with E-state index in [-0.39, 0.29) is 24.0 Å². The molecule has 1 aliphatic heterocycles. The molecule has 5 heteroatoms. The SMILES string of the molecule is CCCCNC(=NC)N1CCC(c2ccc(OC)cc2)C1.I. The quantitative estimate of drug-likeness (QED) is 0.345. The highest BCUT2D eigenvalue weighted by atomic mass is 127. The van der Waals surface area contributed by atoms with Crippen LogP contribution < -0.4 is 10.1 Å². The number of unbranched alkanes of at least 4 members (excludes halogenated alkanes) is 1. The monoisotopic (exact) mass is 417 g/mol. The maximum atomic E-state index is 5.22. The van der Waals surface area contributed by atoms with Gasteiger partial charge in [0.25, 0.3) is 0 Å². The van der Waals surface area contributed by atoms with Gasteiger partial charge in [0.15, 0.2) is 5.96 Å². The summed E-state index contributed by atoms with van der Waals surface area (Å²) in [6.07, 6.45) is 3.58. The molecule has 0 radical (unpaired) electrons. The number of likely N-dealkylation sites (tertiary alicyclic amines) is 1. The van der Waals surface area contributed by atoms with Crippen molar-refractivity contribution in [3.05, 3.63) is 29.8 Å². The van der Waals surface area contributed by atoms with Crippen molar-refractivity contribution < 1.29 is 4.74 Å². The van der Waals surface area contributed by atoms with E-state index in [1.54, 1.807) is 7.11 Å². The normalized spacial score (nSPS) is 18.0. The van der Waals surface area contributed by atoms with Gasteiger partial charge in [-0.3, -0.25) is 4.99 Å². The molecule has 0 spiro atoms. The van der Waals surface area contributed by atoms with Gasteiger partial charge < -0.3 is 15.0 Å². The number of hydrogen-bond acceptors (Lipinski definition) is 2. The Morgan fingerprint density at radius 2 is 2.09 bits per heavy atom. The van der Waals surface area contributed by atoms with Crippen molar-refractivity contribution in [2.45, 2.75) is 32.1 Å². The fraction of sp³-hybridized carbons (Fsp3) is 0.588. The average Bonchev–Trinajstić information content (AvgIpc) is 3.01. The molecule has 1 atom stereocenters. The molecule has 1 fully saturated rings. The number of aliphatic imine (C=N–C) groups is 1. The first-order chi connectivity index (χ1) is 10.3.